The molecule has 1 aliphatic rings. The summed E-state index contributed by atoms with van der Waals surface area (Å²) < 4.78 is 10.5. The summed E-state index contributed by atoms with van der Waals surface area (Å²) in [5, 5.41) is 6.96. The Hall–Kier alpha value is -2.28. The highest BCUT2D eigenvalue weighted by atomic mass is 32.2. The van der Waals surface area contributed by atoms with E-state index < -0.39 is 5.97 Å². The van der Waals surface area contributed by atoms with Gasteiger partial charge in [-0.15, -0.1) is 11.8 Å². The lowest BCUT2D eigenvalue weighted by Gasteiger charge is -2.16. The Labute approximate surface area is 175 Å². The van der Waals surface area contributed by atoms with Gasteiger partial charge in [-0.05, 0) is 38.8 Å². The summed E-state index contributed by atoms with van der Waals surface area (Å²) in [7, 11) is 0. The van der Waals surface area contributed by atoms with Crippen LogP contribution in [0.4, 0.5) is 0 Å². The molecule has 1 aromatic heterocycles. The summed E-state index contributed by atoms with van der Waals surface area (Å²) in [6, 6.07) is 7.47. The van der Waals surface area contributed by atoms with Gasteiger partial charge in [-0.3, -0.25) is 4.79 Å². The van der Waals surface area contributed by atoms with E-state index in [4.69, 9.17) is 9.26 Å². The highest BCUT2D eigenvalue weighted by Crippen LogP contribution is 2.29. The van der Waals surface area contributed by atoms with Crippen LogP contribution in [0.5, 0.6) is 0 Å². The summed E-state index contributed by atoms with van der Waals surface area (Å²) in [6.07, 6.45) is 6.73. The standard InChI is InChI=1S/C22H28N2O4S/c1-15-19(16(2)28-24-15)14-29-20-12-8-7-11-18(20)22(26)27-13-21(25)23-17-9-5-3-4-6-10-17/h7-8,11-12,17H,3-6,9-10,13-14H2,1-2H3,(H,23,25). The Balaban J connectivity index is 1.54. The van der Waals surface area contributed by atoms with Crippen molar-refractivity contribution in [2.75, 3.05) is 6.61 Å². The molecule has 7 heteroatoms. The monoisotopic (exact) mass is 416 g/mol. The highest BCUT2D eigenvalue weighted by Gasteiger charge is 2.18. The average molecular weight is 417 g/mol. The summed E-state index contributed by atoms with van der Waals surface area (Å²) in [5.74, 6) is 0.715. The van der Waals surface area contributed by atoms with Gasteiger partial charge in [0.1, 0.15) is 5.76 Å². The first-order chi connectivity index (χ1) is 14.0. The van der Waals surface area contributed by atoms with Crippen molar-refractivity contribution in [3.8, 4) is 0 Å². The van der Waals surface area contributed by atoms with E-state index in [1.807, 2.05) is 26.0 Å². The topological polar surface area (TPSA) is 81.4 Å². The van der Waals surface area contributed by atoms with Crippen LogP contribution in [0.25, 0.3) is 0 Å². The van der Waals surface area contributed by atoms with Gasteiger partial charge in [0.2, 0.25) is 0 Å². The number of thioether (sulfide) groups is 1. The second-order valence-corrected chi connectivity index (χ2v) is 8.44. The van der Waals surface area contributed by atoms with Crippen LogP contribution in [0.3, 0.4) is 0 Å². The van der Waals surface area contributed by atoms with Crippen LogP contribution in [0.15, 0.2) is 33.7 Å². The molecule has 1 fully saturated rings. The number of esters is 1. The molecule has 156 valence electrons. The minimum atomic E-state index is -0.483. The van der Waals surface area contributed by atoms with E-state index in [1.54, 1.807) is 12.1 Å². The molecule has 0 unspecified atom stereocenters. The largest absolute Gasteiger partial charge is 0.452 e. The number of ether oxygens (including phenoxy) is 1. The van der Waals surface area contributed by atoms with Gasteiger partial charge in [0.05, 0.1) is 11.3 Å². The van der Waals surface area contributed by atoms with Crippen LogP contribution in [-0.2, 0) is 15.3 Å². The van der Waals surface area contributed by atoms with Crippen molar-refractivity contribution in [2.45, 2.75) is 69.1 Å². The van der Waals surface area contributed by atoms with E-state index in [1.165, 1.54) is 24.6 Å². The van der Waals surface area contributed by atoms with E-state index in [0.717, 1.165) is 47.6 Å². The van der Waals surface area contributed by atoms with Gasteiger partial charge in [-0.25, -0.2) is 4.79 Å². The molecule has 2 aromatic rings. The number of nitrogens with one attached hydrogen (secondary N) is 1. The third-order valence-electron chi connectivity index (χ3n) is 5.21. The first-order valence-corrected chi connectivity index (χ1v) is 11.1. The maximum Gasteiger partial charge on any atom is 0.339 e. The number of amides is 1. The van der Waals surface area contributed by atoms with Gasteiger partial charge in [0.15, 0.2) is 6.61 Å². The number of aromatic nitrogens is 1. The van der Waals surface area contributed by atoms with Gasteiger partial charge < -0.3 is 14.6 Å². The number of hydrogen-bond acceptors (Lipinski definition) is 6. The first-order valence-electron chi connectivity index (χ1n) is 10.1. The van der Waals surface area contributed by atoms with Crippen molar-refractivity contribution in [3.05, 3.63) is 46.8 Å². The number of carbonyl (C=O) groups is 2. The predicted molar refractivity (Wildman–Crippen MR) is 112 cm³/mol. The molecule has 3 rings (SSSR count). The van der Waals surface area contributed by atoms with Crippen molar-refractivity contribution in [1.29, 1.82) is 0 Å². The molecule has 29 heavy (non-hydrogen) atoms. The van der Waals surface area contributed by atoms with Crippen LogP contribution >= 0.6 is 11.8 Å². The van der Waals surface area contributed by atoms with Crippen LogP contribution in [-0.4, -0.2) is 29.7 Å². The van der Waals surface area contributed by atoms with Crippen molar-refractivity contribution in [1.82, 2.24) is 10.5 Å². The van der Waals surface area contributed by atoms with Gasteiger partial charge >= 0.3 is 5.97 Å². The zero-order valence-corrected chi connectivity index (χ0v) is 17.8. The molecule has 0 bridgehead atoms. The van der Waals surface area contributed by atoms with E-state index in [2.05, 4.69) is 10.5 Å². The molecule has 1 amide bonds. The lowest BCUT2D eigenvalue weighted by molar-refractivity contribution is -0.125. The number of hydrogen-bond donors (Lipinski definition) is 1. The predicted octanol–water partition coefficient (Wildman–Crippen LogP) is 4.58. The number of aryl methyl sites for hydroxylation is 2. The second kappa shape index (κ2) is 10.5. The molecule has 0 radical (unpaired) electrons. The quantitative estimate of drug-likeness (QED) is 0.404. The summed E-state index contributed by atoms with van der Waals surface area (Å²) in [5.41, 5.74) is 2.35. The van der Waals surface area contributed by atoms with Gasteiger partial charge in [-0.1, -0.05) is 43.0 Å². The fourth-order valence-corrected chi connectivity index (χ4v) is 4.71. The number of rotatable bonds is 7. The Bertz CT molecular complexity index is 822. The fraction of sp³-hybridized carbons (Fsp3) is 0.500. The van der Waals surface area contributed by atoms with E-state index >= 15 is 0 Å². The smallest absolute Gasteiger partial charge is 0.339 e. The first kappa shape index (κ1) is 21.4. The molecular formula is C22H28N2O4S. The van der Waals surface area contributed by atoms with Crippen molar-refractivity contribution < 1.29 is 18.8 Å². The third-order valence-corrected chi connectivity index (χ3v) is 6.31. The van der Waals surface area contributed by atoms with Gasteiger partial charge in [-0.2, -0.15) is 0 Å². The summed E-state index contributed by atoms with van der Waals surface area (Å²) in [4.78, 5) is 25.6. The maximum absolute atomic E-state index is 12.6. The van der Waals surface area contributed by atoms with Crippen LogP contribution in [0.1, 0.15) is 65.9 Å². The molecule has 1 N–H and O–H groups in total. The van der Waals surface area contributed by atoms with Gasteiger partial charge in [0, 0.05) is 22.3 Å². The number of carbonyl (C=O) groups excluding carboxylic acids is 2. The molecule has 1 aromatic carbocycles. The van der Waals surface area contributed by atoms with Crippen LogP contribution in [0, 0.1) is 13.8 Å². The van der Waals surface area contributed by atoms with E-state index in [-0.39, 0.29) is 18.6 Å². The lowest BCUT2D eigenvalue weighted by Crippen LogP contribution is -2.37. The Morgan fingerprint density at radius 1 is 1.17 bits per heavy atom. The van der Waals surface area contributed by atoms with Crippen molar-refractivity contribution >= 4 is 23.6 Å². The van der Waals surface area contributed by atoms with Crippen molar-refractivity contribution in [3.63, 3.8) is 0 Å². The molecule has 0 saturated heterocycles. The molecular weight excluding hydrogens is 388 g/mol. The van der Waals surface area contributed by atoms with E-state index in [9.17, 15) is 9.59 Å². The summed E-state index contributed by atoms with van der Waals surface area (Å²) in [6.45, 7) is 3.53. The number of nitrogens with zero attached hydrogens (tertiary/aromatic N) is 1. The highest BCUT2D eigenvalue weighted by molar-refractivity contribution is 7.98. The average Bonchev–Trinajstić information content (AvgIpc) is 2.89. The lowest BCUT2D eigenvalue weighted by atomic mass is 10.1. The molecule has 1 aliphatic carbocycles. The molecule has 0 aliphatic heterocycles. The zero-order chi connectivity index (χ0) is 20.6. The Morgan fingerprint density at radius 3 is 2.59 bits per heavy atom. The minimum absolute atomic E-state index is 0.196. The Kier molecular flexibility index (Phi) is 7.75. The van der Waals surface area contributed by atoms with Gasteiger partial charge in [0.25, 0.3) is 5.91 Å². The zero-order valence-electron chi connectivity index (χ0n) is 17.0. The fourth-order valence-electron chi connectivity index (χ4n) is 3.52. The van der Waals surface area contributed by atoms with E-state index in [0.29, 0.717) is 11.3 Å². The molecule has 6 nitrogen and oxygen atoms in total. The molecule has 1 heterocycles. The number of benzene rings is 1. The third kappa shape index (κ3) is 6.10. The summed E-state index contributed by atoms with van der Waals surface area (Å²) >= 11 is 1.53. The van der Waals surface area contributed by atoms with Crippen LogP contribution < -0.4 is 5.32 Å². The molecule has 0 spiro atoms. The van der Waals surface area contributed by atoms with Crippen LogP contribution in [0.2, 0.25) is 0 Å². The van der Waals surface area contributed by atoms with Crippen molar-refractivity contribution in [2.24, 2.45) is 0 Å². The normalized spacial score (nSPS) is 15.0. The Morgan fingerprint density at radius 2 is 1.90 bits per heavy atom. The second-order valence-electron chi connectivity index (χ2n) is 7.42. The SMILES string of the molecule is Cc1noc(C)c1CSc1ccccc1C(=O)OCC(=O)NC1CCCCCC1. The molecule has 1 saturated carbocycles. The minimum Gasteiger partial charge on any atom is -0.452 e. The molecule has 0 atom stereocenters. The maximum atomic E-state index is 12.6.